The summed E-state index contributed by atoms with van der Waals surface area (Å²) in [6.45, 7) is 3.78. The first-order valence-electron chi connectivity index (χ1n) is 6.54. The second-order valence-corrected chi connectivity index (χ2v) is 6.44. The minimum absolute atomic E-state index is 0.142. The van der Waals surface area contributed by atoms with Crippen molar-refractivity contribution in [1.82, 2.24) is 9.80 Å². The Bertz CT molecular complexity index is 497. The van der Waals surface area contributed by atoms with E-state index in [1.54, 1.807) is 12.1 Å². The fourth-order valence-electron chi connectivity index (χ4n) is 2.35. The van der Waals surface area contributed by atoms with Gasteiger partial charge in [0.2, 0.25) is 0 Å². The Morgan fingerprint density at radius 1 is 1.45 bits per heavy atom. The Morgan fingerprint density at radius 2 is 2.20 bits per heavy atom. The molecule has 1 heterocycles. The van der Waals surface area contributed by atoms with Crippen molar-refractivity contribution in [3.63, 3.8) is 0 Å². The van der Waals surface area contributed by atoms with E-state index >= 15 is 0 Å². The van der Waals surface area contributed by atoms with E-state index in [-0.39, 0.29) is 10.6 Å². The molecule has 0 aliphatic carbocycles. The van der Waals surface area contributed by atoms with Crippen LogP contribution in [0.25, 0.3) is 0 Å². The van der Waals surface area contributed by atoms with E-state index in [4.69, 9.17) is 0 Å². The first-order valence-corrected chi connectivity index (χ1v) is 7.62. The topological polar surface area (TPSA) is 61.6 Å². The van der Waals surface area contributed by atoms with E-state index in [2.05, 4.69) is 51.8 Å². The fourth-order valence-corrected chi connectivity index (χ4v) is 2.83. The van der Waals surface area contributed by atoms with Crippen molar-refractivity contribution in [3.05, 3.63) is 31.9 Å². The average Bonchev–Trinajstić information content (AvgIpc) is 2.40. The summed E-state index contributed by atoms with van der Waals surface area (Å²) in [6.07, 6.45) is 0. The zero-order valence-corrected chi connectivity index (χ0v) is 13.8. The summed E-state index contributed by atoms with van der Waals surface area (Å²) in [5.74, 6) is 0. The van der Waals surface area contributed by atoms with Gasteiger partial charge in [-0.1, -0.05) is 0 Å². The average molecular weight is 390 g/mol. The highest BCUT2D eigenvalue weighted by molar-refractivity contribution is 14.1. The molecule has 0 amide bonds. The molecule has 1 aromatic rings. The Balaban J connectivity index is 2.05. The first-order chi connectivity index (χ1) is 9.47. The van der Waals surface area contributed by atoms with Crippen LogP contribution >= 0.6 is 22.6 Å². The van der Waals surface area contributed by atoms with Gasteiger partial charge in [-0.2, -0.15) is 0 Å². The van der Waals surface area contributed by atoms with Crippen molar-refractivity contribution >= 4 is 34.0 Å². The second kappa shape index (κ2) is 6.68. The molecule has 0 saturated carbocycles. The maximum absolute atomic E-state index is 11.1. The summed E-state index contributed by atoms with van der Waals surface area (Å²) in [5, 5.41) is 14.3. The zero-order chi connectivity index (χ0) is 14.7. The largest absolute Gasteiger partial charge is 0.378 e. The number of nitrogens with zero attached hydrogens (tertiary/aromatic N) is 3. The van der Waals surface area contributed by atoms with Crippen LogP contribution in [0.5, 0.6) is 0 Å². The van der Waals surface area contributed by atoms with Gasteiger partial charge in [0.05, 0.1) is 4.92 Å². The smallest absolute Gasteiger partial charge is 0.293 e. The van der Waals surface area contributed by atoms with E-state index in [1.165, 1.54) is 0 Å². The molecule has 0 radical (unpaired) electrons. The molecular weight excluding hydrogens is 371 g/mol. The van der Waals surface area contributed by atoms with Crippen LogP contribution in [0.4, 0.5) is 11.4 Å². The summed E-state index contributed by atoms with van der Waals surface area (Å²) in [7, 11) is 4.20. The molecule has 1 atom stereocenters. The second-order valence-electron chi connectivity index (χ2n) is 5.20. The van der Waals surface area contributed by atoms with E-state index in [9.17, 15) is 10.1 Å². The van der Waals surface area contributed by atoms with E-state index < -0.39 is 0 Å². The summed E-state index contributed by atoms with van der Waals surface area (Å²) < 4.78 is 0.870. The number of hydrogen-bond donors (Lipinski definition) is 1. The fraction of sp³-hybridized carbons (Fsp3) is 0.538. The summed E-state index contributed by atoms with van der Waals surface area (Å²) in [5.41, 5.74) is 0.737. The normalized spacial score (nSPS) is 20.9. The Labute approximate surface area is 132 Å². The van der Waals surface area contributed by atoms with E-state index in [0.29, 0.717) is 18.3 Å². The van der Waals surface area contributed by atoms with Gasteiger partial charge in [0.1, 0.15) is 5.69 Å². The third kappa shape index (κ3) is 3.80. The molecule has 0 aromatic heterocycles. The van der Waals surface area contributed by atoms with Crippen LogP contribution in [0.1, 0.15) is 0 Å². The van der Waals surface area contributed by atoms with Gasteiger partial charge in [-0.15, -0.1) is 0 Å². The quantitative estimate of drug-likeness (QED) is 0.483. The lowest BCUT2D eigenvalue weighted by atomic mass is 10.1. The van der Waals surface area contributed by atoms with Gasteiger partial charge in [0.15, 0.2) is 0 Å². The number of likely N-dealkylation sites (N-methyl/N-ethyl adjacent to an activating group) is 2. The summed E-state index contributed by atoms with van der Waals surface area (Å²) in [6, 6.07) is 5.63. The number of hydrogen-bond acceptors (Lipinski definition) is 5. The van der Waals surface area contributed by atoms with Crippen molar-refractivity contribution < 1.29 is 4.92 Å². The van der Waals surface area contributed by atoms with Crippen LogP contribution in [0.15, 0.2) is 18.2 Å². The number of nitrogens with one attached hydrogen (secondary N) is 1. The predicted octanol–water partition coefficient (Wildman–Crippen LogP) is 1.86. The van der Waals surface area contributed by atoms with Gasteiger partial charge in [0, 0.05) is 41.9 Å². The van der Waals surface area contributed by atoms with Crippen molar-refractivity contribution in [1.29, 1.82) is 0 Å². The minimum Gasteiger partial charge on any atom is -0.378 e. The highest BCUT2D eigenvalue weighted by Gasteiger charge is 2.23. The SMILES string of the molecule is CN1CCN(C)C(CNc2ccc(I)cc2[N+](=O)[O-])C1. The van der Waals surface area contributed by atoms with Crippen molar-refractivity contribution in [2.24, 2.45) is 0 Å². The van der Waals surface area contributed by atoms with Gasteiger partial charge in [-0.05, 0) is 48.8 Å². The number of nitro groups is 1. The number of anilines is 1. The van der Waals surface area contributed by atoms with Gasteiger partial charge >= 0.3 is 0 Å². The molecule has 2 rings (SSSR count). The van der Waals surface area contributed by atoms with Crippen LogP contribution in [-0.2, 0) is 0 Å². The van der Waals surface area contributed by atoms with Crippen LogP contribution in [0, 0.1) is 13.7 Å². The van der Waals surface area contributed by atoms with Crippen molar-refractivity contribution in [2.45, 2.75) is 6.04 Å². The molecule has 1 unspecified atom stereocenters. The molecule has 1 aromatic carbocycles. The molecule has 1 aliphatic heterocycles. The molecule has 1 N–H and O–H groups in total. The molecule has 1 aliphatic rings. The number of halogens is 1. The van der Waals surface area contributed by atoms with E-state index in [0.717, 1.165) is 23.2 Å². The van der Waals surface area contributed by atoms with Gasteiger partial charge < -0.3 is 10.2 Å². The van der Waals surface area contributed by atoms with Crippen molar-refractivity contribution in [2.75, 3.05) is 45.6 Å². The van der Waals surface area contributed by atoms with Crippen LogP contribution in [0.3, 0.4) is 0 Å². The molecule has 110 valence electrons. The minimum atomic E-state index is -0.332. The molecule has 20 heavy (non-hydrogen) atoms. The maximum Gasteiger partial charge on any atom is 0.293 e. The predicted molar refractivity (Wildman–Crippen MR) is 88.2 cm³/mol. The Morgan fingerprint density at radius 3 is 2.90 bits per heavy atom. The van der Waals surface area contributed by atoms with Gasteiger partial charge in [-0.3, -0.25) is 15.0 Å². The summed E-state index contributed by atoms with van der Waals surface area (Å²) in [4.78, 5) is 15.3. The monoisotopic (exact) mass is 390 g/mol. The van der Waals surface area contributed by atoms with Crippen LogP contribution in [-0.4, -0.2) is 61.0 Å². The third-order valence-electron chi connectivity index (χ3n) is 3.66. The third-order valence-corrected chi connectivity index (χ3v) is 4.34. The molecular formula is C13H19IN4O2. The molecule has 6 nitrogen and oxygen atoms in total. The number of rotatable bonds is 4. The van der Waals surface area contributed by atoms with Crippen molar-refractivity contribution in [3.8, 4) is 0 Å². The summed E-state index contributed by atoms with van der Waals surface area (Å²) >= 11 is 2.09. The number of benzene rings is 1. The lowest BCUT2D eigenvalue weighted by molar-refractivity contribution is -0.384. The molecule has 7 heteroatoms. The van der Waals surface area contributed by atoms with E-state index in [1.807, 2.05) is 6.07 Å². The van der Waals surface area contributed by atoms with Gasteiger partial charge in [0.25, 0.3) is 5.69 Å². The maximum atomic E-state index is 11.1. The highest BCUT2D eigenvalue weighted by Crippen LogP contribution is 2.26. The molecule has 0 bridgehead atoms. The molecule has 0 spiro atoms. The zero-order valence-electron chi connectivity index (χ0n) is 11.7. The number of piperazine rings is 1. The van der Waals surface area contributed by atoms with Crippen LogP contribution in [0.2, 0.25) is 0 Å². The standard InChI is InChI=1S/C13H19IN4O2/c1-16-5-6-17(2)11(9-16)8-15-12-4-3-10(14)7-13(12)18(19)20/h3-4,7,11,15H,5-6,8-9H2,1-2H3. The Kier molecular flexibility index (Phi) is 5.17. The van der Waals surface area contributed by atoms with Gasteiger partial charge in [-0.25, -0.2) is 0 Å². The lowest BCUT2D eigenvalue weighted by Crippen LogP contribution is -2.52. The highest BCUT2D eigenvalue weighted by atomic mass is 127. The van der Waals surface area contributed by atoms with Crippen LogP contribution < -0.4 is 5.32 Å². The first kappa shape index (κ1) is 15.5. The lowest BCUT2D eigenvalue weighted by Gasteiger charge is -2.37. The number of nitro benzene ring substituents is 1. The molecule has 1 fully saturated rings. The Hall–Kier alpha value is -0.930. The molecule has 1 saturated heterocycles.